The van der Waals surface area contributed by atoms with Crippen molar-refractivity contribution < 1.29 is 9.47 Å². The van der Waals surface area contributed by atoms with E-state index in [0.29, 0.717) is 6.04 Å². The van der Waals surface area contributed by atoms with Crippen LogP contribution in [0.15, 0.2) is 0 Å². The van der Waals surface area contributed by atoms with Gasteiger partial charge in [-0.05, 0) is 41.0 Å². The molecule has 0 bridgehead atoms. The SMILES string of the molecule is CC(C)NCCOC(C)(C)CCOC(C)(C)C. The molecule has 0 fully saturated rings. The smallest absolute Gasteiger partial charge is 0.0649 e. The van der Waals surface area contributed by atoms with Gasteiger partial charge in [0, 0.05) is 19.2 Å². The molecule has 1 N–H and O–H groups in total. The molecule has 0 atom stereocenters. The molecular formula is C14H31NO2. The minimum absolute atomic E-state index is 0.0602. The summed E-state index contributed by atoms with van der Waals surface area (Å²) < 4.78 is 11.6. The Bertz CT molecular complexity index is 195. The Balaban J connectivity index is 3.65. The maximum atomic E-state index is 5.85. The molecule has 104 valence electrons. The fraction of sp³-hybridized carbons (Fsp3) is 1.00. The molecule has 0 saturated carbocycles. The number of rotatable bonds is 8. The number of hydrogen-bond acceptors (Lipinski definition) is 3. The lowest BCUT2D eigenvalue weighted by Gasteiger charge is -2.28. The summed E-state index contributed by atoms with van der Waals surface area (Å²) in [6.45, 7) is 17.2. The zero-order valence-corrected chi connectivity index (χ0v) is 12.7. The van der Waals surface area contributed by atoms with Crippen LogP contribution in [0.3, 0.4) is 0 Å². The molecule has 17 heavy (non-hydrogen) atoms. The lowest BCUT2D eigenvalue weighted by molar-refractivity contribution is -0.0656. The minimum atomic E-state index is -0.107. The Morgan fingerprint density at radius 1 is 0.941 bits per heavy atom. The first-order valence-electron chi connectivity index (χ1n) is 6.64. The number of nitrogens with one attached hydrogen (secondary N) is 1. The molecule has 0 heterocycles. The van der Waals surface area contributed by atoms with Crippen LogP contribution in [0.25, 0.3) is 0 Å². The normalized spacial score (nSPS) is 13.4. The molecule has 3 nitrogen and oxygen atoms in total. The highest BCUT2D eigenvalue weighted by Crippen LogP contribution is 2.16. The van der Waals surface area contributed by atoms with Gasteiger partial charge in [-0.2, -0.15) is 0 Å². The van der Waals surface area contributed by atoms with Crippen molar-refractivity contribution in [2.75, 3.05) is 19.8 Å². The van der Waals surface area contributed by atoms with Crippen molar-refractivity contribution in [1.29, 1.82) is 0 Å². The number of hydrogen-bond donors (Lipinski definition) is 1. The van der Waals surface area contributed by atoms with Gasteiger partial charge >= 0.3 is 0 Å². The van der Waals surface area contributed by atoms with Gasteiger partial charge < -0.3 is 14.8 Å². The fourth-order valence-corrected chi connectivity index (χ4v) is 1.35. The van der Waals surface area contributed by atoms with Crippen molar-refractivity contribution in [3.05, 3.63) is 0 Å². The molecule has 0 aliphatic heterocycles. The van der Waals surface area contributed by atoms with Gasteiger partial charge in [-0.25, -0.2) is 0 Å². The van der Waals surface area contributed by atoms with Gasteiger partial charge in [-0.3, -0.25) is 0 Å². The summed E-state index contributed by atoms with van der Waals surface area (Å²) in [4.78, 5) is 0. The van der Waals surface area contributed by atoms with Crippen LogP contribution in [-0.2, 0) is 9.47 Å². The van der Waals surface area contributed by atoms with E-state index < -0.39 is 0 Å². The van der Waals surface area contributed by atoms with E-state index in [4.69, 9.17) is 9.47 Å². The Labute approximate surface area is 107 Å². The topological polar surface area (TPSA) is 30.5 Å². The van der Waals surface area contributed by atoms with Gasteiger partial charge in [0.15, 0.2) is 0 Å². The second-order valence-electron chi connectivity index (χ2n) is 6.43. The van der Waals surface area contributed by atoms with Gasteiger partial charge in [0.2, 0.25) is 0 Å². The molecule has 0 saturated heterocycles. The minimum Gasteiger partial charge on any atom is -0.376 e. The summed E-state index contributed by atoms with van der Waals surface area (Å²) in [5.41, 5.74) is -0.167. The van der Waals surface area contributed by atoms with E-state index >= 15 is 0 Å². The van der Waals surface area contributed by atoms with E-state index in [2.05, 4.69) is 53.8 Å². The molecule has 0 aromatic rings. The second-order valence-corrected chi connectivity index (χ2v) is 6.43. The molecule has 0 aliphatic rings. The summed E-state index contributed by atoms with van der Waals surface area (Å²) >= 11 is 0. The van der Waals surface area contributed by atoms with Gasteiger partial charge in [0.25, 0.3) is 0 Å². The van der Waals surface area contributed by atoms with Crippen molar-refractivity contribution in [2.45, 2.75) is 72.1 Å². The summed E-state index contributed by atoms with van der Waals surface area (Å²) in [6, 6.07) is 0.519. The van der Waals surface area contributed by atoms with Crippen LogP contribution in [0, 0.1) is 0 Å². The first kappa shape index (κ1) is 16.9. The number of ether oxygens (including phenoxy) is 2. The van der Waals surface area contributed by atoms with Gasteiger partial charge in [-0.1, -0.05) is 13.8 Å². The first-order chi connectivity index (χ1) is 7.62. The predicted molar refractivity (Wildman–Crippen MR) is 73.5 cm³/mol. The van der Waals surface area contributed by atoms with Gasteiger partial charge in [0.05, 0.1) is 17.8 Å². The van der Waals surface area contributed by atoms with Crippen molar-refractivity contribution >= 4 is 0 Å². The molecule has 0 amide bonds. The zero-order valence-electron chi connectivity index (χ0n) is 12.7. The molecular weight excluding hydrogens is 214 g/mol. The maximum absolute atomic E-state index is 5.85. The Hall–Kier alpha value is -0.120. The van der Waals surface area contributed by atoms with E-state index in [1.165, 1.54) is 0 Å². The van der Waals surface area contributed by atoms with Crippen LogP contribution in [0.2, 0.25) is 0 Å². The van der Waals surface area contributed by atoms with Crippen molar-refractivity contribution in [3.63, 3.8) is 0 Å². The quantitative estimate of drug-likeness (QED) is 0.667. The second kappa shape index (κ2) is 7.34. The third-order valence-electron chi connectivity index (χ3n) is 2.39. The van der Waals surface area contributed by atoms with Crippen molar-refractivity contribution in [3.8, 4) is 0 Å². The summed E-state index contributed by atoms with van der Waals surface area (Å²) in [5.74, 6) is 0. The van der Waals surface area contributed by atoms with Crippen LogP contribution in [0.5, 0.6) is 0 Å². The summed E-state index contributed by atoms with van der Waals surface area (Å²) in [6.07, 6.45) is 0.923. The third-order valence-corrected chi connectivity index (χ3v) is 2.39. The highest BCUT2D eigenvalue weighted by Gasteiger charge is 2.19. The summed E-state index contributed by atoms with van der Waals surface area (Å²) in [7, 11) is 0. The predicted octanol–water partition coefficient (Wildman–Crippen LogP) is 2.98. The van der Waals surface area contributed by atoms with Crippen molar-refractivity contribution in [2.24, 2.45) is 0 Å². The molecule has 3 heteroatoms. The van der Waals surface area contributed by atoms with E-state index in [9.17, 15) is 0 Å². The van der Waals surface area contributed by atoms with E-state index in [-0.39, 0.29) is 11.2 Å². The average Bonchev–Trinajstić information content (AvgIpc) is 2.09. The van der Waals surface area contributed by atoms with E-state index in [1.807, 2.05) is 0 Å². The molecule has 0 aromatic heterocycles. The summed E-state index contributed by atoms with van der Waals surface area (Å²) in [5, 5.41) is 3.34. The monoisotopic (exact) mass is 245 g/mol. The standard InChI is InChI=1S/C14H31NO2/c1-12(2)15-9-11-17-14(6,7)8-10-16-13(3,4)5/h12,15H,8-11H2,1-7H3. The first-order valence-corrected chi connectivity index (χ1v) is 6.64. The van der Waals surface area contributed by atoms with Crippen LogP contribution in [0.1, 0.15) is 54.9 Å². The molecule has 0 rings (SSSR count). The van der Waals surface area contributed by atoms with Crippen LogP contribution in [-0.4, -0.2) is 37.0 Å². The Morgan fingerprint density at radius 3 is 2.00 bits per heavy atom. The molecule has 0 spiro atoms. The lowest BCUT2D eigenvalue weighted by atomic mass is 10.1. The molecule has 0 aromatic carbocycles. The highest BCUT2D eigenvalue weighted by molar-refractivity contribution is 4.70. The maximum Gasteiger partial charge on any atom is 0.0649 e. The Morgan fingerprint density at radius 2 is 1.53 bits per heavy atom. The highest BCUT2D eigenvalue weighted by atomic mass is 16.5. The third kappa shape index (κ3) is 12.1. The van der Waals surface area contributed by atoms with Crippen molar-refractivity contribution in [1.82, 2.24) is 5.32 Å². The molecule has 0 unspecified atom stereocenters. The van der Waals surface area contributed by atoms with Crippen LogP contribution < -0.4 is 5.32 Å². The largest absolute Gasteiger partial charge is 0.376 e. The fourth-order valence-electron chi connectivity index (χ4n) is 1.35. The molecule has 0 radical (unpaired) electrons. The van der Waals surface area contributed by atoms with E-state index in [0.717, 1.165) is 26.2 Å². The van der Waals surface area contributed by atoms with Crippen LogP contribution in [0.4, 0.5) is 0 Å². The zero-order chi connectivity index (χ0) is 13.5. The van der Waals surface area contributed by atoms with Crippen LogP contribution >= 0.6 is 0 Å². The average molecular weight is 245 g/mol. The van der Waals surface area contributed by atoms with E-state index in [1.54, 1.807) is 0 Å². The Kier molecular flexibility index (Phi) is 7.29. The van der Waals surface area contributed by atoms with Gasteiger partial charge in [0.1, 0.15) is 0 Å². The van der Waals surface area contributed by atoms with Gasteiger partial charge in [-0.15, -0.1) is 0 Å². The lowest BCUT2D eigenvalue weighted by Crippen LogP contribution is -2.33. The molecule has 0 aliphatic carbocycles.